The summed E-state index contributed by atoms with van der Waals surface area (Å²) in [4.78, 5) is 36.2. The lowest BCUT2D eigenvalue weighted by Crippen LogP contribution is -2.47. The molecule has 126 valence electrons. The molecule has 2 heterocycles. The monoisotopic (exact) mass is 332 g/mol. The van der Waals surface area contributed by atoms with E-state index in [0.29, 0.717) is 5.75 Å². The number of hydrogen-bond donors (Lipinski definition) is 4. The van der Waals surface area contributed by atoms with Crippen LogP contribution in [0.25, 0.3) is 0 Å². The number of rotatable bonds is 5. The summed E-state index contributed by atoms with van der Waals surface area (Å²) in [6, 6.07) is 6.31. The third kappa shape index (κ3) is 3.21. The third-order valence-corrected chi connectivity index (χ3v) is 3.57. The SMILES string of the molecule is COc1cccc(/C=N\NC(=O)CN2C(=O)N[C@H]3NC(=O)N[C@H]32)c1. The first kappa shape index (κ1) is 15.6. The Balaban J connectivity index is 1.54. The highest BCUT2D eigenvalue weighted by Crippen LogP contribution is 2.13. The van der Waals surface area contributed by atoms with Crippen molar-refractivity contribution in [1.29, 1.82) is 0 Å². The van der Waals surface area contributed by atoms with Gasteiger partial charge in [0.05, 0.1) is 13.3 Å². The standard InChI is InChI=1S/C14H16N6O4/c1-24-9-4-2-3-8(5-9)6-15-19-10(21)7-20-12-11(17-14(20)23)16-13(22)18-12/h2-6,11-12H,7H2,1H3,(H,17,23)(H,19,21)(H2,16,18,22)/b15-6-/t11-,12+/m1/s1. The topological polar surface area (TPSA) is 124 Å². The molecule has 2 aliphatic rings. The molecular formula is C14H16N6O4. The van der Waals surface area contributed by atoms with E-state index in [0.717, 1.165) is 5.56 Å². The Morgan fingerprint density at radius 1 is 1.38 bits per heavy atom. The van der Waals surface area contributed by atoms with Crippen LogP contribution in [0.3, 0.4) is 0 Å². The van der Waals surface area contributed by atoms with Gasteiger partial charge in [-0.15, -0.1) is 0 Å². The molecular weight excluding hydrogens is 316 g/mol. The predicted octanol–water partition coefficient (Wildman–Crippen LogP) is -0.864. The molecule has 0 bridgehead atoms. The van der Waals surface area contributed by atoms with Gasteiger partial charge in [-0.3, -0.25) is 9.69 Å². The molecule has 2 saturated heterocycles. The Hall–Kier alpha value is -3.30. The summed E-state index contributed by atoms with van der Waals surface area (Å²) in [5, 5.41) is 11.5. The van der Waals surface area contributed by atoms with Crippen molar-refractivity contribution in [2.45, 2.75) is 12.3 Å². The highest BCUT2D eigenvalue weighted by Gasteiger charge is 2.45. The van der Waals surface area contributed by atoms with Crippen molar-refractivity contribution >= 4 is 24.2 Å². The van der Waals surface area contributed by atoms with Gasteiger partial charge in [-0.2, -0.15) is 5.10 Å². The number of amides is 5. The van der Waals surface area contributed by atoms with Crippen LogP contribution in [0.2, 0.25) is 0 Å². The van der Waals surface area contributed by atoms with Crippen LogP contribution in [0.5, 0.6) is 5.75 Å². The molecule has 0 radical (unpaired) electrons. The number of carbonyl (C=O) groups is 3. The Labute approximate surface area is 137 Å². The van der Waals surface area contributed by atoms with Crippen LogP contribution >= 0.6 is 0 Å². The molecule has 0 aromatic heterocycles. The Morgan fingerprint density at radius 3 is 3.00 bits per heavy atom. The van der Waals surface area contributed by atoms with Crippen molar-refractivity contribution in [2.24, 2.45) is 5.10 Å². The van der Waals surface area contributed by atoms with Crippen LogP contribution < -0.4 is 26.1 Å². The van der Waals surface area contributed by atoms with Gasteiger partial charge in [0, 0.05) is 0 Å². The molecule has 2 fully saturated rings. The lowest BCUT2D eigenvalue weighted by molar-refractivity contribution is -0.121. The number of ether oxygens (including phenoxy) is 1. The second-order valence-electron chi connectivity index (χ2n) is 5.19. The van der Waals surface area contributed by atoms with Crippen molar-refractivity contribution in [3.63, 3.8) is 0 Å². The van der Waals surface area contributed by atoms with Gasteiger partial charge in [0.1, 0.15) is 24.6 Å². The van der Waals surface area contributed by atoms with Gasteiger partial charge >= 0.3 is 12.1 Å². The first-order valence-electron chi connectivity index (χ1n) is 7.17. The summed E-state index contributed by atoms with van der Waals surface area (Å²) in [6.45, 7) is -0.232. The van der Waals surface area contributed by atoms with Gasteiger partial charge in [0.15, 0.2) is 0 Å². The van der Waals surface area contributed by atoms with E-state index < -0.39 is 30.3 Å². The maximum absolute atomic E-state index is 11.9. The second-order valence-corrected chi connectivity index (χ2v) is 5.19. The molecule has 2 atom stereocenters. The first-order valence-corrected chi connectivity index (χ1v) is 7.17. The molecule has 0 aliphatic carbocycles. The zero-order chi connectivity index (χ0) is 17.1. The summed E-state index contributed by atoms with van der Waals surface area (Å²) in [7, 11) is 1.56. The minimum absolute atomic E-state index is 0.232. The van der Waals surface area contributed by atoms with E-state index in [1.54, 1.807) is 31.4 Å². The fraction of sp³-hybridized carbons (Fsp3) is 0.286. The molecule has 0 spiro atoms. The van der Waals surface area contributed by atoms with Crippen molar-refractivity contribution in [3.05, 3.63) is 29.8 Å². The zero-order valence-corrected chi connectivity index (χ0v) is 12.8. The van der Waals surface area contributed by atoms with E-state index in [9.17, 15) is 14.4 Å². The number of benzene rings is 1. The van der Waals surface area contributed by atoms with Gasteiger partial charge in [0.25, 0.3) is 5.91 Å². The lowest BCUT2D eigenvalue weighted by atomic mass is 10.2. The summed E-state index contributed by atoms with van der Waals surface area (Å²) < 4.78 is 5.09. The molecule has 2 aliphatic heterocycles. The highest BCUT2D eigenvalue weighted by molar-refractivity contribution is 5.89. The summed E-state index contributed by atoms with van der Waals surface area (Å²) in [5.41, 5.74) is 3.09. The van der Waals surface area contributed by atoms with Gasteiger partial charge < -0.3 is 20.7 Å². The Morgan fingerprint density at radius 2 is 2.21 bits per heavy atom. The fourth-order valence-corrected chi connectivity index (χ4v) is 2.46. The highest BCUT2D eigenvalue weighted by atomic mass is 16.5. The lowest BCUT2D eigenvalue weighted by Gasteiger charge is -2.19. The molecule has 10 nitrogen and oxygen atoms in total. The van der Waals surface area contributed by atoms with Gasteiger partial charge in [-0.1, -0.05) is 12.1 Å². The third-order valence-electron chi connectivity index (χ3n) is 3.57. The minimum Gasteiger partial charge on any atom is -0.497 e. The van der Waals surface area contributed by atoms with Gasteiger partial charge in [0.2, 0.25) is 0 Å². The number of hydrogen-bond acceptors (Lipinski definition) is 5. The molecule has 24 heavy (non-hydrogen) atoms. The number of carbonyl (C=O) groups excluding carboxylic acids is 3. The Bertz CT molecular complexity index is 706. The van der Waals surface area contributed by atoms with Crippen LogP contribution in [0, 0.1) is 0 Å². The maximum atomic E-state index is 11.9. The van der Waals surface area contributed by atoms with Crippen molar-refractivity contribution in [2.75, 3.05) is 13.7 Å². The van der Waals surface area contributed by atoms with Crippen LogP contribution in [0.1, 0.15) is 5.56 Å². The molecule has 5 amide bonds. The van der Waals surface area contributed by atoms with E-state index >= 15 is 0 Å². The summed E-state index contributed by atoms with van der Waals surface area (Å²) >= 11 is 0. The average molecular weight is 332 g/mol. The fourth-order valence-electron chi connectivity index (χ4n) is 2.46. The van der Waals surface area contributed by atoms with E-state index in [2.05, 4.69) is 26.5 Å². The summed E-state index contributed by atoms with van der Waals surface area (Å²) in [5.74, 6) is 0.195. The number of nitrogens with zero attached hydrogens (tertiary/aromatic N) is 2. The average Bonchev–Trinajstić information content (AvgIpc) is 3.04. The van der Waals surface area contributed by atoms with Crippen LogP contribution in [0.4, 0.5) is 9.59 Å². The number of methoxy groups -OCH3 is 1. The van der Waals surface area contributed by atoms with Crippen molar-refractivity contribution in [1.82, 2.24) is 26.3 Å². The van der Waals surface area contributed by atoms with Gasteiger partial charge in [-0.25, -0.2) is 15.0 Å². The normalized spacial score (nSPS) is 22.0. The largest absolute Gasteiger partial charge is 0.497 e. The van der Waals surface area contributed by atoms with Crippen LogP contribution in [-0.4, -0.2) is 55.1 Å². The number of urea groups is 2. The van der Waals surface area contributed by atoms with E-state index in [-0.39, 0.29) is 6.54 Å². The molecule has 0 saturated carbocycles. The van der Waals surface area contributed by atoms with E-state index in [1.807, 2.05) is 0 Å². The molecule has 1 aromatic carbocycles. The summed E-state index contributed by atoms with van der Waals surface area (Å²) in [6.07, 6.45) is 0.322. The van der Waals surface area contributed by atoms with Crippen molar-refractivity contribution < 1.29 is 19.1 Å². The minimum atomic E-state index is -0.599. The molecule has 4 N–H and O–H groups in total. The molecule has 3 rings (SSSR count). The first-order chi connectivity index (χ1) is 11.6. The zero-order valence-electron chi connectivity index (χ0n) is 12.8. The van der Waals surface area contributed by atoms with Crippen LogP contribution in [0.15, 0.2) is 29.4 Å². The maximum Gasteiger partial charge on any atom is 0.321 e. The predicted molar refractivity (Wildman–Crippen MR) is 83.2 cm³/mol. The Kier molecular flexibility index (Phi) is 4.18. The smallest absolute Gasteiger partial charge is 0.321 e. The van der Waals surface area contributed by atoms with Gasteiger partial charge in [-0.05, 0) is 17.7 Å². The second kappa shape index (κ2) is 6.44. The molecule has 10 heteroatoms. The molecule has 1 aromatic rings. The number of fused-ring (bicyclic) bond motifs is 1. The molecule has 0 unspecified atom stereocenters. The number of nitrogens with one attached hydrogen (secondary N) is 4. The number of hydrazone groups is 1. The van der Waals surface area contributed by atoms with E-state index in [1.165, 1.54) is 11.1 Å². The van der Waals surface area contributed by atoms with E-state index in [4.69, 9.17) is 4.74 Å². The van der Waals surface area contributed by atoms with Crippen molar-refractivity contribution in [3.8, 4) is 5.75 Å². The van der Waals surface area contributed by atoms with Crippen LogP contribution in [-0.2, 0) is 4.79 Å². The quantitative estimate of drug-likeness (QED) is 0.413.